The van der Waals surface area contributed by atoms with Crippen LogP contribution < -0.4 is 0 Å². The van der Waals surface area contributed by atoms with E-state index in [9.17, 15) is 4.79 Å². The number of carboxylic acid groups (broad SMARTS) is 1. The van der Waals surface area contributed by atoms with Crippen LogP contribution >= 0.6 is 11.6 Å². The number of aromatic nitrogens is 3. The van der Waals surface area contributed by atoms with E-state index in [1.54, 1.807) is 6.07 Å². The van der Waals surface area contributed by atoms with Crippen molar-refractivity contribution in [1.29, 1.82) is 0 Å². The molecule has 72 valence electrons. The molecule has 0 bridgehead atoms. The van der Waals surface area contributed by atoms with Gasteiger partial charge >= 0.3 is 5.97 Å². The predicted octanol–water partition coefficient (Wildman–Crippen LogP) is 1.01. The Balaban J connectivity index is 2.63. The second-order valence-electron chi connectivity index (χ2n) is 2.72. The van der Waals surface area contributed by atoms with E-state index in [2.05, 4.69) is 9.97 Å². The highest BCUT2D eigenvalue weighted by atomic mass is 35.5. The molecule has 5 nitrogen and oxygen atoms in total. The maximum Gasteiger partial charge on any atom is 0.309 e. The molecular formula is C8H6ClN3O2. The molecule has 0 atom stereocenters. The molecule has 0 spiro atoms. The molecule has 2 aromatic rings. The summed E-state index contributed by atoms with van der Waals surface area (Å²) in [4.78, 5) is 18.4. The van der Waals surface area contributed by atoms with Crippen molar-refractivity contribution in [1.82, 2.24) is 14.4 Å². The minimum atomic E-state index is -0.915. The molecule has 2 rings (SSSR count). The van der Waals surface area contributed by atoms with Gasteiger partial charge in [-0.3, -0.25) is 9.20 Å². The molecule has 6 heteroatoms. The second kappa shape index (κ2) is 3.26. The molecule has 2 heterocycles. The van der Waals surface area contributed by atoms with Gasteiger partial charge in [0.05, 0.1) is 12.6 Å². The van der Waals surface area contributed by atoms with Crippen molar-refractivity contribution in [3.05, 3.63) is 29.3 Å². The van der Waals surface area contributed by atoms with Crippen LogP contribution in [0.25, 0.3) is 5.78 Å². The van der Waals surface area contributed by atoms with Crippen molar-refractivity contribution in [2.75, 3.05) is 0 Å². The molecular weight excluding hydrogens is 206 g/mol. The standard InChI is InChI=1S/C8H6ClN3O2/c9-6-4-11-8-10-2-1-5(12(6)8)3-7(13)14/h1-2,4H,3H2,(H,13,14). The van der Waals surface area contributed by atoms with Crippen LogP contribution in [0.1, 0.15) is 5.69 Å². The normalized spacial score (nSPS) is 10.6. The number of hydrogen-bond donors (Lipinski definition) is 1. The fraction of sp³-hybridized carbons (Fsp3) is 0.125. The van der Waals surface area contributed by atoms with Crippen LogP contribution in [0.4, 0.5) is 0 Å². The third-order valence-electron chi connectivity index (χ3n) is 1.78. The smallest absolute Gasteiger partial charge is 0.309 e. The monoisotopic (exact) mass is 211 g/mol. The summed E-state index contributed by atoms with van der Waals surface area (Å²) in [5.74, 6) is -0.504. The van der Waals surface area contributed by atoms with E-state index >= 15 is 0 Å². The molecule has 0 aliphatic heterocycles. The number of rotatable bonds is 2. The van der Waals surface area contributed by atoms with Crippen molar-refractivity contribution in [3.63, 3.8) is 0 Å². The van der Waals surface area contributed by atoms with Crippen LogP contribution in [0.2, 0.25) is 5.15 Å². The van der Waals surface area contributed by atoms with Crippen molar-refractivity contribution in [3.8, 4) is 0 Å². The second-order valence-corrected chi connectivity index (χ2v) is 3.11. The maximum atomic E-state index is 10.5. The van der Waals surface area contributed by atoms with E-state index in [4.69, 9.17) is 16.7 Å². The third-order valence-corrected chi connectivity index (χ3v) is 2.04. The Bertz CT molecular complexity index is 494. The van der Waals surface area contributed by atoms with E-state index < -0.39 is 5.97 Å². The highest BCUT2D eigenvalue weighted by Crippen LogP contribution is 2.13. The van der Waals surface area contributed by atoms with Crippen LogP contribution in [-0.2, 0) is 11.2 Å². The van der Waals surface area contributed by atoms with Crippen molar-refractivity contribution in [2.45, 2.75) is 6.42 Å². The molecule has 0 aliphatic carbocycles. The van der Waals surface area contributed by atoms with Gasteiger partial charge in [-0.25, -0.2) is 9.97 Å². The summed E-state index contributed by atoms with van der Waals surface area (Å²) in [5, 5.41) is 9.02. The van der Waals surface area contributed by atoms with Crippen LogP contribution in [0.5, 0.6) is 0 Å². The first-order valence-electron chi connectivity index (χ1n) is 3.87. The quantitative estimate of drug-likeness (QED) is 0.805. The van der Waals surface area contributed by atoms with Gasteiger partial charge in [0, 0.05) is 11.9 Å². The van der Waals surface area contributed by atoms with Crippen LogP contribution in [-0.4, -0.2) is 25.4 Å². The average molecular weight is 212 g/mol. The number of hydrogen-bond acceptors (Lipinski definition) is 3. The average Bonchev–Trinajstić information content (AvgIpc) is 2.48. The lowest BCUT2D eigenvalue weighted by molar-refractivity contribution is -0.136. The van der Waals surface area contributed by atoms with Gasteiger partial charge in [0.15, 0.2) is 0 Å². The van der Waals surface area contributed by atoms with Gasteiger partial charge in [-0.15, -0.1) is 0 Å². The van der Waals surface area contributed by atoms with Crippen LogP contribution in [0.3, 0.4) is 0 Å². The lowest BCUT2D eigenvalue weighted by Gasteiger charge is -2.01. The summed E-state index contributed by atoms with van der Waals surface area (Å²) in [7, 11) is 0. The first-order chi connectivity index (χ1) is 6.68. The molecule has 14 heavy (non-hydrogen) atoms. The Morgan fingerprint density at radius 1 is 1.57 bits per heavy atom. The number of fused-ring (bicyclic) bond motifs is 1. The van der Waals surface area contributed by atoms with Crippen LogP contribution in [0, 0.1) is 0 Å². The van der Waals surface area contributed by atoms with Gasteiger partial charge in [-0.1, -0.05) is 11.6 Å². The molecule has 0 saturated heterocycles. The Kier molecular flexibility index (Phi) is 2.09. The largest absolute Gasteiger partial charge is 0.481 e. The Hall–Kier alpha value is -1.62. The molecule has 0 saturated carbocycles. The zero-order chi connectivity index (χ0) is 10.1. The van der Waals surface area contributed by atoms with E-state index in [-0.39, 0.29) is 6.42 Å². The van der Waals surface area contributed by atoms with Gasteiger partial charge in [-0.2, -0.15) is 0 Å². The Labute approximate surface area is 84.0 Å². The number of halogens is 1. The van der Waals surface area contributed by atoms with Gasteiger partial charge in [0.2, 0.25) is 5.78 Å². The molecule has 2 aromatic heterocycles. The summed E-state index contributed by atoms with van der Waals surface area (Å²) in [5.41, 5.74) is 0.560. The van der Waals surface area contributed by atoms with Gasteiger partial charge in [0.1, 0.15) is 5.15 Å². The SMILES string of the molecule is O=C(O)Cc1ccnc2ncc(Cl)n12. The molecule has 0 amide bonds. The molecule has 0 unspecified atom stereocenters. The minimum Gasteiger partial charge on any atom is -0.481 e. The lowest BCUT2D eigenvalue weighted by atomic mass is 10.3. The summed E-state index contributed by atoms with van der Waals surface area (Å²) in [6.45, 7) is 0. The molecule has 0 radical (unpaired) electrons. The first kappa shape index (κ1) is 8.96. The van der Waals surface area contributed by atoms with Crippen molar-refractivity contribution >= 4 is 23.3 Å². The number of carbonyl (C=O) groups is 1. The molecule has 0 aliphatic rings. The number of aliphatic carboxylic acids is 1. The van der Waals surface area contributed by atoms with Gasteiger partial charge < -0.3 is 5.11 Å². The van der Waals surface area contributed by atoms with E-state index in [1.165, 1.54) is 16.8 Å². The van der Waals surface area contributed by atoms with Crippen LogP contribution in [0.15, 0.2) is 18.5 Å². The Morgan fingerprint density at radius 3 is 3.07 bits per heavy atom. The van der Waals surface area contributed by atoms with Gasteiger partial charge in [-0.05, 0) is 6.07 Å². The zero-order valence-corrected chi connectivity index (χ0v) is 7.77. The van der Waals surface area contributed by atoms with E-state index in [0.29, 0.717) is 16.6 Å². The molecule has 0 fully saturated rings. The summed E-state index contributed by atoms with van der Waals surface area (Å²) in [6, 6.07) is 1.61. The van der Waals surface area contributed by atoms with E-state index in [1.807, 2.05) is 0 Å². The fourth-order valence-corrected chi connectivity index (χ4v) is 1.47. The number of nitrogens with zero attached hydrogens (tertiary/aromatic N) is 3. The maximum absolute atomic E-state index is 10.5. The minimum absolute atomic E-state index is 0.102. The Morgan fingerprint density at radius 2 is 2.36 bits per heavy atom. The first-order valence-corrected chi connectivity index (χ1v) is 4.25. The molecule has 0 aromatic carbocycles. The van der Waals surface area contributed by atoms with E-state index in [0.717, 1.165) is 0 Å². The fourth-order valence-electron chi connectivity index (χ4n) is 1.24. The summed E-state index contributed by atoms with van der Waals surface area (Å²) < 4.78 is 1.51. The van der Waals surface area contributed by atoms with Gasteiger partial charge in [0.25, 0.3) is 0 Å². The zero-order valence-electron chi connectivity index (χ0n) is 7.01. The number of carboxylic acids is 1. The third kappa shape index (κ3) is 1.42. The van der Waals surface area contributed by atoms with Crippen molar-refractivity contribution in [2.24, 2.45) is 0 Å². The topological polar surface area (TPSA) is 67.5 Å². The predicted molar refractivity (Wildman–Crippen MR) is 49.3 cm³/mol. The van der Waals surface area contributed by atoms with Crippen molar-refractivity contribution < 1.29 is 9.90 Å². The molecule has 1 N–H and O–H groups in total. The summed E-state index contributed by atoms with van der Waals surface area (Å²) >= 11 is 5.83. The highest BCUT2D eigenvalue weighted by Gasteiger charge is 2.09. The number of imidazole rings is 1. The lowest BCUT2D eigenvalue weighted by Crippen LogP contribution is -2.06. The highest BCUT2D eigenvalue weighted by molar-refractivity contribution is 6.29. The summed E-state index contributed by atoms with van der Waals surface area (Å²) in [6.07, 6.45) is 2.85.